The lowest BCUT2D eigenvalue weighted by molar-refractivity contribution is 0.290. The highest BCUT2D eigenvalue weighted by molar-refractivity contribution is 5.27. The van der Waals surface area contributed by atoms with Crippen molar-refractivity contribution < 1.29 is 4.74 Å². The number of benzene rings is 1. The van der Waals surface area contributed by atoms with Gasteiger partial charge in [0, 0.05) is 25.0 Å². The summed E-state index contributed by atoms with van der Waals surface area (Å²) in [4.78, 5) is 4.30. The second-order valence-electron chi connectivity index (χ2n) is 4.96. The van der Waals surface area contributed by atoms with Crippen molar-refractivity contribution in [3.8, 4) is 5.75 Å². The fourth-order valence-corrected chi connectivity index (χ4v) is 2.09. The van der Waals surface area contributed by atoms with Gasteiger partial charge in [-0.1, -0.05) is 12.1 Å². The molecule has 0 fully saturated rings. The van der Waals surface area contributed by atoms with Gasteiger partial charge in [0.25, 0.3) is 0 Å². The molecule has 1 N–H and O–H groups in total. The highest BCUT2D eigenvalue weighted by Crippen LogP contribution is 2.15. The number of nitrogens with zero attached hydrogens (tertiary/aromatic N) is 2. The summed E-state index contributed by atoms with van der Waals surface area (Å²) >= 11 is 0. The van der Waals surface area contributed by atoms with Crippen LogP contribution in [0.5, 0.6) is 5.75 Å². The average Bonchev–Trinajstić information content (AvgIpc) is 2.94. The van der Waals surface area contributed by atoms with Crippen LogP contribution in [0.3, 0.4) is 0 Å². The maximum absolute atomic E-state index is 5.78. The van der Waals surface area contributed by atoms with Crippen molar-refractivity contribution in [2.24, 2.45) is 0 Å². The molecule has 1 aromatic heterocycles. The Hall–Kier alpha value is -1.81. The van der Waals surface area contributed by atoms with Crippen LogP contribution in [-0.4, -0.2) is 22.6 Å². The molecule has 0 aliphatic carbocycles. The lowest BCUT2D eigenvalue weighted by Crippen LogP contribution is -2.23. The minimum Gasteiger partial charge on any atom is -0.486 e. The number of imidazole rings is 1. The van der Waals surface area contributed by atoms with E-state index in [0.29, 0.717) is 12.6 Å². The zero-order chi connectivity index (χ0) is 14.4. The van der Waals surface area contributed by atoms with Crippen LogP contribution in [0.1, 0.15) is 25.2 Å². The molecule has 2 aromatic rings. The quantitative estimate of drug-likeness (QED) is 0.843. The highest BCUT2D eigenvalue weighted by atomic mass is 16.5. The van der Waals surface area contributed by atoms with Crippen molar-refractivity contribution in [3.05, 3.63) is 48.0 Å². The van der Waals surface area contributed by atoms with Crippen LogP contribution in [0.25, 0.3) is 0 Å². The first-order valence-corrected chi connectivity index (χ1v) is 7.12. The fourth-order valence-electron chi connectivity index (χ4n) is 2.09. The predicted octanol–water partition coefficient (Wildman–Crippen LogP) is 2.63. The number of nitrogens with one attached hydrogen (secondary N) is 1. The van der Waals surface area contributed by atoms with Crippen molar-refractivity contribution in [1.82, 2.24) is 14.9 Å². The standard InChI is InChI=1S/C16H23N3O/c1-4-19-10-9-18-16(19)12-20-15-7-5-14(6-8-15)11-13(2)17-3/h5-10,13,17H,4,11-12H2,1-3H3. The maximum atomic E-state index is 5.78. The van der Waals surface area contributed by atoms with E-state index in [4.69, 9.17) is 4.74 Å². The minimum atomic E-state index is 0.485. The SMILES string of the molecule is CCn1ccnc1COc1ccc(CC(C)NC)cc1. The van der Waals surface area contributed by atoms with Gasteiger partial charge in [0.1, 0.15) is 18.2 Å². The molecular formula is C16H23N3O. The van der Waals surface area contributed by atoms with Gasteiger partial charge in [0.2, 0.25) is 0 Å². The van der Waals surface area contributed by atoms with E-state index in [2.05, 4.69) is 40.8 Å². The smallest absolute Gasteiger partial charge is 0.146 e. The Bertz CT molecular complexity index is 519. The van der Waals surface area contributed by atoms with Crippen molar-refractivity contribution >= 4 is 0 Å². The predicted molar refractivity (Wildman–Crippen MR) is 80.9 cm³/mol. The number of hydrogen-bond donors (Lipinski definition) is 1. The summed E-state index contributed by atoms with van der Waals surface area (Å²) in [7, 11) is 1.98. The second kappa shape index (κ2) is 7.10. The molecule has 4 heteroatoms. The van der Waals surface area contributed by atoms with Crippen LogP contribution < -0.4 is 10.1 Å². The number of aromatic nitrogens is 2. The summed E-state index contributed by atoms with van der Waals surface area (Å²) in [6.07, 6.45) is 4.81. The van der Waals surface area contributed by atoms with Crippen LogP contribution in [0, 0.1) is 0 Å². The van der Waals surface area contributed by atoms with Gasteiger partial charge in [0.05, 0.1) is 0 Å². The van der Waals surface area contributed by atoms with Gasteiger partial charge in [-0.05, 0) is 45.0 Å². The Morgan fingerprint density at radius 3 is 2.70 bits per heavy atom. The monoisotopic (exact) mass is 273 g/mol. The minimum absolute atomic E-state index is 0.485. The third-order valence-electron chi connectivity index (χ3n) is 3.47. The third kappa shape index (κ3) is 3.84. The third-order valence-corrected chi connectivity index (χ3v) is 3.47. The molecule has 20 heavy (non-hydrogen) atoms. The van der Waals surface area contributed by atoms with Gasteiger partial charge in [-0.15, -0.1) is 0 Å². The maximum Gasteiger partial charge on any atom is 0.146 e. The van der Waals surface area contributed by atoms with Crippen LogP contribution in [-0.2, 0) is 19.6 Å². The molecule has 0 aliphatic heterocycles. The number of aryl methyl sites for hydroxylation is 1. The van der Waals surface area contributed by atoms with Crippen molar-refractivity contribution in [2.45, 2.75) is 39.5 Å². The Morgan fingerprint density at radius 2 is 2.05 bits per heavy atom. The molecule has 4 nitrogen and oxygen atoms in total. The Kier molecular flexibility index (Phi) is 5.18. The lowest BCUT2D eigenvalue weighted by Gasteiger charge is -2.11. The normalized spacial score (nSPS) is 12.3. The molecule has 1 unspecified atom stereocenters. The van der Waals surface area contributed by atoms with Gasteiger partial charge < -0.3 is 14.6 Å². The number of ether oxygens (including phenoxy) is 1. The van der Waals surface area contributed by atoms with Crippen LogP contribution in [0.2, 0.25) is 0 Å². The zero-order valence-electron chi connectivity index (χ0n) is 12.5. The van der Waals surface area contributed by atoms with E-state index in [-0.39, 0.29) is 0 Å². The Balaban J connectivity index is 1.91. The fraction of sp³-hybridized carbons (Fsp3) is 0.438. The van der Waals surface area contributed by atoms with E-state index in [1.54, 1.807) is 0 Å². The largest absolute Gasteiger partial charge is 0.486 e. The van der Waals surface area contributed by atoms with E-state index in [1.165, 1.54) is 5.56 Å². The molecule has 108 valence electrons. The van der Waals surface area contributed by atoms with Crippen molar-refractivity contribution in [3.63, 3.8) is 0 Å². The number of hydrogen-bond acceptors (Lipinski definition) is 3. The van der Waals surface area contributed by atoms with E-state index in [1.807, 2.05) is 31.6 Å². The van der Waals surface area contributed by atoms with Crippen LogP contribution in [0.4, 0.5) is 0 Å². The molecule has 0 radical (unpaired) electrons. The molecule has 1 atom stereocenters. The van der Waals surface area contributed by atoms with E-state index >= 15 is 0 Å². The second-order valence-corrected chi connectivity index (χ2v) is 4.96. The Morgan fingerprint density at radius 1 is 1.30 bits per heavy atom. The molecule has 2 rings (SSSR count). The van der Waals surface area contributed by atoms with Gasteiger partial charge in [-0.25, -0.2) is 4.98 Å². The lowest BCUT2D eigenvalue weighted by atomic mass is 10.1. The highest BCUT2D eigenvalue weighted by Gasteiger charge is 2.04. The average molecular weight is 273 g/mol. The number of likely N-dealkylation sites (N-methyl/N-ethyl adjacent to an activating group) is 1. The molecule has 1 heterocycles. The van der Waals surface area contributed by atoms with Crippen molar-refractivity contribution in [2.75, 3.05) is 7.05 Å². The molecule has 0 saturated heterocycles. The van der Waals surface area contributed by atoms with Gasteiger partial charge in [-0.2, -0.15) is 0 Å². The van der Waals surface area contributed by atoms with E-state index in [9.17, 15) is 0 Å². The number of rotatable bonds is 7. The van der Waals surface area contributed by atoms with Crippen LogP contribution in [0.15, 0.2) is 36.7 Å². The molecule has 0 saturated carbocycles. The van der Waals surface area contributed by atoms with E-state index < -0.39 is 0 Å². The summed E-state index contributed by atoms with van der Waals surface area (Å²) in [5.74, 6) is 1.84. The molecule has 0 bridgehead atoms. The first kappa shape index (κ1) is 14.6. The first-order valence-electron chi connectivity index (χ1n) is 7.12. The van der Waals surface area contributed by atoms with Crippen molar-refractivity contribution in [1.29, 1.82) is 0 Å². The van der Waals surface area contributed by atoms with Gasteiger partial charge in [-0.3, -0.25) is 0 Å². The molecular weight excluding hydrogens is 250 g/mol. The molecule has 1 aromatic carbocycles. The van der Waals surface area contributed by atoms with Crippen LogP contribution >= 0.6 is 0 Å². The van der Waals surface area contributed by atoms with Gasteiger partial charge in [0.15, 0.2) is 0 Å². The summed E-state index contributed by atoms with van der Waals surface area (Å²) in [5, 5.41) is 3.24. The van der Waals surface area contributed by atoms with Gasteiger partial charge >= 0.3 is 0 Å². The Labute approximate surface area is 120 Å². The molecule has 0 aliphatic rings. The summed E-state index contributed by atoms with van der Waals surface area (Å²) in [5.41, 5.74) is 1.31. The summed E-state index contributed by atoms with van der Waals surface area (Å²) in [6.45, 7) is 5.70. The molecule has 0 amide bonds. The zero-order valence-corrected chi connectivity index (χ0v) is 12.5. The summed E-state index contributed by atoms with van der Waals surface area (Å²) < 4.78 is 7.87. The first-order chi connectivity index (χ1) is 9.72. The summed E-state index contributed by atoms with van der Waals surface area (Å²) in [6, 6.07) is 8.78. The molecule has 0 spiro atoms. The van der Waals surface area contributed by atoms with E-state index in [0.717, 1.165) is 24.5 Å². The topological polar surface area (TPSA) is 39.1 Å².